The highest BCUT2D eigenvalue weighted by molar-refractivity contribution is 5.70. The molecule has 0 amide bonds. The largest absolute Gasteiger partial charge is 0.464 e. The zero-order valence-corrected chi connectivity index (χ0v) is 11.1. The van der Waals surface area contributed by atoms with Crippen molar-refractivity contribution in [3.05, 3.63) is 0 Å². The quantitative estimate of drug-likeness (QED) is 0.531. The fourth-order valence-corrected chi connectivity index (χ4v) is 2.04. The Kier molecular flexibility index (Phi) is 6.52. The van der Waals surface area contributed by atoms with Gasteiger partial charge in [0.25, 0.3) is 0 Å². The van der Waals surface area contributed by atoms with Gasteiger partial charge in [-0.05, 0) is 33.1 Å². The highest BCUT2D eigenvalue weighted by atomic mass is 16.6. The van der Waals surface area contributed by atoms with Crippen LogP contribution in [0.4, 0.5) is 0 Å². The molecule has 2 atom stereocenters. The van der Waals surface area contributed by atoms with Crippen molar-refractivity contribution in [1.29, 1.82) is 0 Å². The fourth-order valence-electron chi connectivity index (χ4n) is 2.04. The van der Waals surface area contributed by atoms with E-state index in [-0.39, 0.29) is 30.9 Å². The Morgan fingerprint density at radius 2 is 1.94 bits per heavy atom. The molecular formula is C13H24O4. The van der Waals surface area contributed by atoms with E-state index < -0.39 is 0 Å². The number of hydrogen-bond acceptors (Lipinski definition) is 4. The van der Waals surface area contributed by atoms with Crippen LogP contribution < -0.4 is 0 Å². The van der Waals surface area contributed by atoms with Crippen LogP contribution in [0.2, 0.25) is 0 Å². The summed E-state index contributed by atoms with van der Waals surface area (Å²) in [7, 11) is 0. The standard InChI is InChI=1S/C13H24O4/c1-4-5-6-15-13(14)9-16-12-7-10(2)17-11(3)8-12/h10-12H,4-9H2,1-3H3. The molecule has 0 radical (unpaired) electrons. The van der Waals surface area contributed by atoms with Crippen LogP contribution in [0.15, 0.2) is 0 Å². The smallest absolute Gasteiger partial charge is 0.332 e. The minimum atomic E-state index is -0.259. The molecule has 1 aliphatic heterocycles. The summed E-state index contributed by atoms with van der Waals surface area (Å²) in [6, 6.07) is 0. The molecule has 0 N–H and O–H groups in total. The van der Waals surface area contributed by atoms with Gasteiger partial charge in [0, 0.05) is 0 Å². The van der Waals surface area contributed by atoms with Gasteiger partial charge in [-0.1, -0.05) is 13.3 Å². The topological polar surface area (TPSA) is 44.8 Å². The minimum Gasteiger partial charge on any atom is -0.464 e. The molecule has 1 aliphatic rings. The molecular weight excluding hydrogens is 220 g/mol. The lowest BCUT2D eigenvalue weighted by Gasteiger charge is -2.31. The summed E-state index contributed by atoms with van der Waals surface area (Å²) in [4.78, 5) is 11.3. The van der Waals surface area contributed by atoms with Crippen molar-refractivity contribution in [2.24, 2.45) is 0 Å². The second-order valence-electron chi connectivity index (χ2n) is 4.74. The minimum absolute atomic E-state index is 0.0633. The van der Waals surface area contributed by atoms with E-state index in [0.29, 0.717) is 6.61 Å². The van der Waals surface area contributed by atoms with E-state index in [1.807, 2.05) is 13.8 Å². The Morgan fingerprint density at radius 3 is 2.53 bits per heavy atom. The lowest BCUT2D eigenvalue weighted by atomic mass is 10.0. The molecule has 0 aliphatic carbocycles. The molecule has 0 aromatic rings. The van der Waals surface area contributed by atoms with E-state index in [1.54, 1.807) is 0 Å². The van der Waals surface area contributed by atoms with Gasteiger partial charge >= 0.3 is 5.97 Å². The van der Waals surface area contributed by atoms with Crippen molar-refractivity contribution in [2.45, 2.75) is 64.8 Å². The van der Waals surface area contributed by atoms with Crippen LogP contribution in [0.5, 0.6) is 0 Å². The van der Waals surface area contributed by atoms with Crippen LogP contribution in [-0.4, -0.2) is 37.5 Å². The SMILES string of the molecule is CCCCOC(=O)COC1CC(C)OC(C)C1. The number of rotatable bonds is 6. The van der Waals surface area contributed by atoms with Crippen LogP contribution in [0.1, 0.15) is 46.5 Å². The Bertz CT molecular complexity index is 219. The number of hydrogen-bond donors (Lipinski definition) is 0. The molecule has 1 fully saturated rings. The average molecular weight is 244 g/mol. The number of unbranched alkanes of at least 4 members (excludes halogenated alkanes) is 1. The summed E-state index contributed by atoms with van der Waals surface area (Å²) in [5.74, 6) is -0.259. The van der Waals surface area contributed by atoms with Crippen LogP contribution in [0.25, 0.3) is 0 Å². The molecule has 0 saturated carbocycles. The van der Waals surface area contributed by atoms with Gasteiger partial charge in [-0.2, -0.15) is 0 Å². The molecule has 0 spiro atoms. The first-order valence-corrected chi connectivity index (χ1v) is 6.54. The van der Waals surface area contributed by atoms with Crippen molar-refractivity contribution in [2.75, 3.05) is 13.2 Å². The number of ether oxygens (including phenoxy) is 3. The van der Waals surface area contributed by atoms with E-state index >= 15 is 0 Å². The summed E-state index contributed by atoms with van der Waals surface area (Å²) < 4.78 is 16.2. The van der Waals surface area contributed by atoms with Gasteiger partial charge in [0.1, 0.15) is 6.61 Å². The fraction of sp³-hybridized carbons (Fsp3) is 0.923. The molecule has 4 heteroatoms. The van der Waals surface area contributed by atoms with Gasteiger partial charge in [0.05, 0.1) is 24.9 Å². The third-order valence-electron chi connectivity index (χ3n) is 2.85. The Balaban J connectivity index is 2.14. The molecule has 0 aromatic heterocycles. The maximum Gasteiger partial charge on any atom is 0.332 e. The summed E-state index contributed by atoms with van der Waals surface area (Å²) in [5.41, 5.74) is 0. The van der Waals surface area contributed by atoms with Crippen molar-refractivity contribution in [3.8, 4) is 0 Å². The van der Waals surface area contributed by atoms with Gasteiger partial charge in [0.2, 0.25) is 0 Å². The van der Waals surface area contributed by atoms with Crippen molar-refractivity contribution in [3.63, 3.8) is 0 Å². The number of esters is 1. The lowest BCUT2D eigenvalue weighted by molar-refractivity contribution is -0.157. The molecule has 17 heavy (non-hydrogen) atoms. The Morgan fingerprint density at radius 1 is 1.29 bits per heavy atom. The van der Waals surface area contributed by atoms with E-state index in [9.17, 15) is 4.79 Å². The molecule has 1 rings (SSSR count). The summed E-state index contributed by atoms with van der Waals surface area (Å²) in [5, 5.41) is 0. The van der Waals surface area contributed by atoms with Gasteiger partial charge < -0.3 is 14.2 Å². The molecule has 4 nitrogen and oxygen atoms in total. The van der Waals surface area contributed by atoms with E-state index in [4.69, 9.17) is 14.2 Å². The van der Waals surface area contributed by atoms with Gasteiger partial charge in [-0.25, -0.2) is 4.79 Å². The summed E-state index contributed by atoms with van der Waals surface area (Å²) >= 11 is 0. The van der Waals surface area contributed by atoms with Gasteiger partial charge in [0.15, 0.2) is 0 Å². The highest BCUT2D eigenvalue weighted by Crippen LogP contribution is 2.21. The van der Waals surface area contributed by atoms with Crippen LogP contribution in [0, 0.1) is 0 Å². The first kappa shape index (κ1) is 14.5. The second-order valence-corrected chi connectivity index (χ2v) is 4.74. The van der Waals surface area contributed by atoms with Crippen LogP contribution in [0.3, 0.4) is 0 Å². The number of carbonyl (C=O) groups excluding carboxylic acids is 1. The van der Waals surface area contributed by atoms with Crippen molar-refractivity contribution < 1.29 is 19.0 Å². The molecule has 2 unspecified atom stereocenters. The van der Waals surface area contributed by atoms with Crippen LogP contribution >= 0.6 is 0 Å². The third-order valence-corrected chi connectivity index (χ3v) is 2.85. The predicted molar refractivity (Wildman–Crippen MR) is 64.9 cm³/mol. The van der Waals surface area contributed by atoms with Crippen molar-refractivity contribution >= 4 is 5.97 Å². The van der Waals surface area contributed by atoms with E-state index in [1.165, 1.54) is 0 Å². The summed E-state index contributed by atoms with van der Waals surface area (Å²) in [6.07, 6.45) is 4.19. The maximum absolute atomic E-state index is 11.3. The van der Waals surface area contributed by atoms with E-state index in [2.05, 4.69) is 6.92 Å². The normalized spacial score (nSPS) is 29.0. The molecule has 0 aromatic carbocycles. The predicted octanol–water partition coefficient (Wildman–Crippen LogP) is 2.30. The van der Waals surface area contributed by atoms with Crippen molar-refractivity contribution in [1.82, 2.24) is 0 Å². The van der Waals surface area contributed by atoms with E-state index in [0.717, 1.165) is 25.7 Å². The first-order valence-electron chi connectivity index (χ1n) is 6.54. The number of carbonyl (C=O) groups is 1. The second kappa shape index (κ2) is 7.67. The highest BCUT2D eigenvalue weighted by Gasteiger charge is 2.25. The monoisotopic (exact) mass is 244 g/mol. The van der Waals surface area contributed by atoms with Crippen LogP contribution in [-0.2, 0) is 19.0 Å². The first-order chi connectivity index (χ1) is 8.11. The lowest BCUT2D eigenvalue weighted by Crippen LogP contribution is -2.35. The zero-order valence-electron chi connectivity index (χ0n) is 11.1. The maximum atomic E-state index is 11.3. The average Bonchev–Trinajstić information content (AvgIpc) is 2.25. The molecule has 1 heterocycles. The van der Waals surface area contributed by atoms with Gasteiger partial charge in [-0.3, -0.25) is 0 Å². The third kappa shape index (κ3) is 6.03. The Hall–Kier alpha value is -0.610. The Labute approximate surface area is 104 Å². The molecule has 0 bridgehead atoms. The molecule has 1 saturated heterocycles. The van der Waals surface area contributed by atoms with Gasteiger partial charge in [-0.15, -0.1) is 0 Å². The molecule has 100 valence electrons. The zero-order chi connectivity index (χ0) is 12.7. The summed E-state index contributed by atoms with van der Waals surface area (Å²) in [6.45, 7) is 6.69.